The van der Waals surface area contributed by atoms with Crippen LogP contribution in [0.25, 0.3) is 17.1 Å². The first kappa shape index (κ1) is 8.05. The summed E-state index contributed by atoms with van der Waals surface area (Å²) in [5.41, 5.74) is 7.90. The van der Waals surface area contributed by atoms with E-state index in [1.165, 1.54) is 6.20 Å². The van der Waals surface area contributed by atoms with E-state index in [4.69, 9.17) is 10.3 Å². The minimum atomic E-state index is 0.514. The lowest BCUT2D eigenvalue weighted by molar-refractivity contribution is 0.431. The summed E-state index contributed by atoms with van der Waals surface area (Å²) in [6.07, 6.45) is 5.10. The predicted molar refractivity (Wildman–Crippen MR) is 55.1 cm³/mol. The summed E-state index contributed by atoms with van der Waals surface area (Å²) in [4.78, 5) is 4.24. The monoisotopic (exact) mass is 200 g/mol. The fraction of sp³-hybridized carbons (Fsp3) is 0. The fourth-order valence-corrected chi connectivity index (χ4v) is 1.54. The second-order valence-corrected chi connectivity index (χ2v) is 3.18. The highest BCUT2D eigenvalue weighted by Gasteiger charge is 2.12. The Hall–Kier alpha value is -2.30. The molecule has 0 saturated carbocycles. The molecule has 15 heavy (non-hydrogen) atoms. The second-order valence-electron chi connectivity index (χ2n) is 3.18. The number of aromatic nitrogens is 3. The van der Waals surface area contributed by atoms with Crippen LogP contribution < -0.4 is 5.73 Å². The molecule has 0 radical (unpaired) electrons. The Morgan fingerprint density at radius 1 is 1.27 bits per heavy atom. The molecule has 0 aliphatic carbocycles. The van der Waals surface area contributed by atoms with E-state index in [2.05, 4.69) is 10.1 Å². The zero-order valence-electron chi connectivity index (χ0n) is 7.79. The molecule has 3 aromatic heterocycles. The zero-order chi connectivity index (χ0) is 10.3. The Labute approximate surface area is 85.1 Å². The molecule has 3 heterocycles. The quantitative estimate of drug-likeness (QED) is 0.647. The van der Waals surface area contributed by atoms with Crippen LogP contribution in [0.4, 0.5) is 5.69 Å². The number of nitrogen functional groups attached to an aromatic ring is 1. The first-order valence-corrected chi connectivity index (χ1v) is 4.49. The van der Waals surface area contributed by atoms with Gasteiger partial charge in [-0.15, -0.1) is 0 Å². The molecule has 0 unspecified atom stereocenters. The van der Waals surface area contributed by atoms with E-state index >= 15 is 0 Å². The van der Waals surface area contributed by atoms with Crippen LogP contribution in [-0.4, -0.2) is 14.5 Å². The van der Waals surface area contributed by atoms with E-state index in [0.29, 0.717) is 11.4 Å². The van der Waals surface area contributed by atoms with Crippen molar-refractivity contribution in [3.05, 3.63) is 36.8 Å². The van der Waals surface area contributed by atoms with Crippen molar-refractivity contribution in [1.82, 2.24) is 14.5 Å². The highest BCUT2D eigenvalue weighted by atomic mass is 16.5. The minimum absolute atomic E-state index is 0.514. The van der Waals surface area contributed by atoms with E-state index in [1.54, 1.807) is 6.20 Å². The Morgan fingerprint density at radius 2 is 2.20 bits per heavy atom. The molecular formula is C10H8N4O. The van der Waals surface area contributed by atoms with Crippen molar-refractivity contribution in [2.75, 3.05) is 5.73 Å². The summed E-state index contributed by atoms with van der Waals surface area (Å²) >= 11 is 0. The minimum Gasteiger partial charge on any atom is -0.394 e. The maximum absolute atomic E-state index is 5.73. The van der Waals surface area contributed by atoms with Crippen LogP contribution in [0, 0.1) is 0 Å². The van der Waals surface area contributed by atoms with Gasteiger partial charge in [-0.2, -0.15) is 0 Å². The molecule has 0 spiro atoms. The van der Waals surface area contributed by atoms with Gasteiger partial charge in [-0.1, -0.05) is 11.2 Å². The molecule has 74 valence electrons. The van der Waals surface area contributed by atoms with Gasteiger partial charge in [0.15, 0.2) is 0 Å². The van der Waals surface area contributed by atoms with Crippen LogP contribution in [0.3, 0.4) is 0 Å². The summed E-state index contributed by atoms with van der Waals surface area (Å²) < 4.78 is 6.98. The molecule has 2 N–H and O–H groups in total. The summed E-state index contributed by atoms with van der Waals surface area (Å²) in [5, 5.41) is 3.64. The van der Waals surface area contributed by atoms with Gasteiger partial charge in [-0.25, -0.2) is 4.98 Å². The number of imidazole rings is 1. The summed E-state index contributed by atoms with van der Waals surface area (Å²) in [6, 6.07) is 5.76. The summed E-state index contributed by atoms with van der Waals surface area (Å²) in [6.45, 7) is 0. The third-order valence-corrected chi connectivity index (χ3v) is 2.25. The molecular weight excluding hydrogens is 192 g/mol. The standard InChI is InChI=1S/C10H8N4O/c11-7-5-13-15-10(7)8-6-12-9-3-1-2-4-14(8)9/h1-6H,11H2. The van der Waals surface area contributed by atoms with Gasteiger partial charge in [0.1, 0.15) is 17.0 Å². The van der Waals surface area contributed by atoms with Crippen molar-refractivity contribution in [2.24, 2.45) is 0 Å². The molecule has 5 nitrogen and oxygen atoms in total. The van der Waals surface area contributed by atoms with Gasteiger partial charge in [0.25, 0.3) is 0 Å². The van der Waals surface area contributed by atoms with E-state index in [9.17, 15) is 0 Å². The Morgan fingerprint density at radius 3 is 3.00 bits per heavy atom. The van der Waals surface area contributed by atoms with Gasteiger partial charge in [0, 0.05) is 6.20 Å². The number of fused-ring (bicyclic) bond motifs is 1. The lowest BCUT2D eigenvalue weighted by Gasteiger charge is -1.97. The van der Waals surface area contributed by atoms with Crippen molar-refractivity contribution in [1.29, 1.82) is 0 Å². The van der Waals surface area contributed by atoms with Crippen LogP contribution in [-0.2, 0) is 0 Å². The molecule has 0 aliphatic rings. The molecule has 0 saturated heterocycles. The number of rotatable bonds is 1. The third-order valence-electron chi connectivity index (χ3n) is 2.25. The fourth-order valence-electron chi connectivity index (χ4n) is 1.54. The normalized spacial score (nSPS) is 10.9. The third kappa shape index (κ3) is 1.10. The van der Waals surface area contributed by atoms with Gasteiger partial charge in [-0.05, 0) is 12.1 Å². The maximum atomic E-state index is 5.73. The average Bonchev–Trinajstić information content (AvgIpc) is 2.83. The van der Waals surface area contributed by atoms with E-state index in [1.807, 2.05) is 28.8 Å². The predicted octanol–water partition coefficient (Wildman–Crippen LogP) is 1.57. The maximum Gasteiger partial charge on any atom is 0.208 e. The van der Waals surface area contributed by atoms with E-state index in [-0.39, 0.29) is 0 Å². The van der Waals surface area contributed by atoms with Crippen LogP contribution in [0.1, 0.15) is 0 Å². The van der Waals surface area contributed by atoms with Gasteiger partial charge < -0.3 is 10.3 Å². The van der Waals surface area contributed by atoms with E-state index < -0.39 is 0 Å². The SMILES string of the molecule is Nc1cnoc1-c1cnc2ccccn12. The van der Waals surface area contributed by atoms with Crippen LogP contribution in [0.2, 0.25) is 0 Å². The van der Waals surface area contributed by atoms with Crippen molar-refractivity contribution in [3.63, 3.8) is 0 Å². The lowest BCUT2D eigenvalue weighted by atomic mass is 10.3. The van der Waals surface area contributed by atoms with Crippen molar-refractivity contribution in [3.8, 4) is 11.5 Å². The molecule has 0 aromatic carbocycles. The molecule has 0 bridgehead atoms. The average molecular weight is 200 g/mol. The molecule has 3 rings (SSSR count). The van der Waals surface area contributed by atoms with Gasteiger partial charge >= 0.3 is 0 Å². The molecule has 0 fully saturated rings. The molecule has 5 heteroatoms. The molecule has 0 amide bonds. The molecule has 0 atom stereocenters. The lowest BCUT2D eigenvalue weighted by Crippen LogP contribution is -1.89. The van der Waals surface area contributed by atoms with Crippen molar-refractivity contribution >= 4 is 11.3 Å². The van der Waals surface area contributed by atoms with Crippen LogP contribution in [0.15, 0.2) is 41.3 Å². The van der Waals surface area contributed by atoms with Gasteiger partial charge in [-0.3, -0.25) is 4.40 Å². The zero-order valence-corrected chi connectivity index (χ0v) is 7.79. The summed E-state index contributed by atoms with van der Waals surface area (Å²) in [5.74, 6) is 0.550. The number of hydrogen-bond acceptors (Lipinski definition) is 4. The van der Waals surface area contributed by atoms with Crippen molar-refractivity contribution in [2.45, 2.75) is 0 Å². The number of nitrogens with two attached hydrogens (primary N) is 1. The highest BCUT2D eigenvalue weighted by molar-refractivity contribution is 5.69. The Kier molecular flexibility index (Phi) is 1.53. The van der Waals surface area contributed by atoms with Crippen LogP contribution >= 0.6 is 0 Å². The topological polar surface area (TPSA) is 69.3 Å². The molecule has 3 aromatic rings. The van der Waals surface area contributed by atoms with Gasteiger partial charge in [0.05, 0.1) is 12.4 Å². The number of nitrogens with zero attached hydrogens (tertiary/aromatic N) is 3. The van der Waals surface area contributed by atoms with Crippen LogP contribution in [0.5, 0.6) is 0 Å². The largest absolute Gasteiger partial charge is 0.394 e. The first-order valence-electron chi connectivity index (χ1n) is 4.49. The number of anilines is 1. The van der Waals surface area contributed by atoms with Crippen molar-refractivity contribution < 1.29 is 4.52 Å². The molecule has 0 aliphatic heterocycles. The Bertz CT molecular complexity index is 610. The number of hydrogen-bond donors (Lipinski definition) is 1. The summed E-state index contributed by atoms with van der Waals surface area (Å²) in [7, 11) is 0. The Balaban J connectivity index is 2.32. The second kappa shape index (κ2) is 2.84. The highest BCUT2D eigenvalue weighted by Crippen LogP contribution is 2.25. The smallest absolute Gasteiger partial charge is 0.208 e. The number of pyridine rings is 1. The van der Waals surface area contributed by atoms with Gasteiger partial charge in [0.2, 0.25) is 5.76 Å². The van der Waals surface area contributed by atoms with E-state index in [0.717, 1.165) is 11.3 Å². The first-order chi connectivity index (χ1) is 7.36.